The molecule has 0 fully saturated rings. The molecule has 0 radical (unpaired) electrons. The minimum Gasteiger partial charge on any atom is -0.484 e. The lowest BCUT2D eigenvalue weighted by Gasteiger charge is -2.10. The monoisotopic (exact) mass is 341 g/mol. The molecule has 0 spiro atoms. The van der Waals surface area contributed by atoms with Crippen molar-refractivity contribution in [2.75, 3.05) is 11.9 Å². The third kappa shape index (κ3) is 5.64. The average Bonchev–Trinajstić information content (AvgIpc) is 2.56. The van der Waals surface area contributed by atoms with E-state index in [-0.39, 0.29) is 24.6 Å². The summed E-state index contributed by atoms with van der Waals surface area (Å²) in [6.45, 7) is 7.52. The van der Waals surface area contributed by atoms with Gasteiger partial charge in [-0.2, -0.15) is 0 Å². The summed E-state index contributed by atoms with van der Waals surface area (Å²) in [5.74, 6) is 0.00622. The number of carbonyl (C=O) groups excluding carboxylic acids is 2. The van der Waals surface area contributed by atoms with Crippen LogP contribution in [0.2, 0.25) is 0 Å². The van der Waals surface area contributed by atoms with E-state index in [0.29, 0.717) is 17.0 Å². The molecular formula is C20H23NO4. The van der Waals surface area contributed by atoms with Crippen LogP contribution in [0, 0.1) is 13.8 Å². The number of ether oxygens (including phenoxy) is 2. The van der Waals surface area contributed by atoms with Crippen LogP contribution in [0.25, 0.3) is 0 Å². The molecule has 0 saturated carbocycles. The first-order valence-electron chi connectivity index (χ1n) is 8.16. The largest absolute Gasteiger partial charge is 0.484 e. The Morgan fingerprint density at radius 2 is 1.68 bits per heavy atom. The zero-order valence-corrected chi connectivity index (χ0v) is 15.0. The first-order valence-corrected chi connectivity index (χ1v) is 8.16. The summed E-state index contributed by atoms with van der Waals surface area (Å²) in [5.41, 5.74) is 3.32. The molecule has 0 aliphatic rings. The van der Waals surface area contributed by atoms with Crippen molar-refractivity contribution < 1.29 is 19.1 Å². The van der Waals surface area contributed by atoms with Crippen molar-refractivity contribution >= 4 is 17.6 Å². The van der Waals surface area contributed by atoms with Crippen molar-refractivity contribution in [3.8, 4) is 5.75 Å². The third-order valence-corrected chi connectivity index (χ3v) is 3.60. The molecule has 0 unspecified atom stereocenters. The van der Waals surface area contributed by atoms with Gasteiger partial charge in [-0.15, -0.1) is 0 Å². The van der Waals surface area contributed by atoms with E-state index in [0.717, 1.165) is 5.56 Å². The van der Waals surface area contributed by atoms with Gasteiger partial charge < -0.3 is 14.8 Å². The third-order valence-electron chi connectivity index (χ3n) is 3.60. The van der Waals surface area contributed by atoms with Gasteiger partial charge in [-0.3, -0.25) is 4.79 Å². The molecule has 0 aliphatic carbocycles. The molecule has 2 aromatic rings. The number of amides is 1. The summed E-state index contributed by atoms with van der Waals surface area (Å²) >= 11 is 0. The van der Waals surface area contributed by atoms with Gasteiger partial charge in [0.25, 0.3) is 5.91 Å². The molecule has 1 N–H and O–H groups in total. The molecule has 2 aromatic carbocycles. The molecule has 1 amide bonds. The van der Waals surface area contributed by atoms with Crippen molar-refractivity contribution in [1.29, 1.82) is 0 Å². The van der Waals surface area contributed by atoms with Crippen molar-refractivity contribution in [3.63, 3.8) is 0 Å². The maximum Gasteiger partial charge on any atom is 0.338 e. The Hall–Kier alpha value is -2.82. The fourth-order valence-electron chi connectivity index (χ4n) is 2.12. The normalized spacial score (nSPS) is 10.4. The van der Waals surface area contributed by atoms with Crippen LogP contribution in [-0.4, -0.2) is 24.6 Å². The minimum atomic E-state index is -0.383. The SMILES string of the molecule is Cc1ccc(OCC(=O)Nc2ccc(C(=O)OC(C)C)cc2)cc1C. The van der Waals surface area contributed by atoms with E-state index in [9.17, 15) is 9.59 Å². The van der Waals surface area contributed by atoms with Crippen molar-refractivity contribution in [2.45, 2.75) is 33.8 Å². The zero-order chi connectivity index (χ0) is 18.4. The van der Waals surface area contributed by atoms with Gasteiger partial charge in [0.2, 0.25) is 0 Å². The van der Waals surface area contributed by atoms with Gasteiger partial charge in [0.15, 0.2) is 6.61 Å². The first kappa shape index (κ1) is 18.5. The standard InChI is InChI=1S/C20H23NO4/c1-13(2)25-20(23)16-6-8-17(9-7-16)21-19(22)12-24-18-10-5-14(3)15(4)11-18/h5-11,13H,12H2,1-4H3,(H,21,22). The number of benzene rings is 2. The maximum atomic E-state index is 12.0. The highest BCUT2D eigenvalue weighted by Crippen LogP contribution is 2.16. The number of aryl methyl sites for hydroxylation is 2. The van der Waals surface area contributed by atoms with E-state index in [1.54, 1.807) is 38.1 Å². The Kier molecular flexibility index (Phi) is 6.17. The van der Waals surface area contributed by atoms with E-state index < -0.39 is 0 Å². The predicted octanol–water partition coefficient (Wildman–Crippen LogP) is 3.89. The quantitative estimate of drug-likeness (QED) is 0.810. The number of rotatable bonds is 6. The summed E-state index contributed by atoms with van der Waals surface area (Å²) in [6.07, 6.45) is -0.172. The van der Waals surface area contributed by atoms with Gasteiger partial charge in [0, 0.05) is 5.69 Å². The van der Waals surface area contributed by atoms with Gasteiger partial charge in [-0.25, -0.2) is 4.79 Å². The number of hydrogen-bond donors (Lipinski definition) is 1. The van der Waals surface area contributed by atoms with Gasteiger partial charge in [0.1, 0.15) is 5.75 Å². The Morgan fingerprint density at radius 3 is 2.28 bits per heavy atom. The molecule has 0 heterocycles. The van der Waals surface area contributed by atoms with E-state index >= 15 is 0 Å². The Labute approximate surface area is 148 Å². The van der Waals surface area contributed by atoms with Crippen molar-refractivity contribution in [1.82, 2.24) is 0 Å². The molecule has 0 atom stereocenters. The van der Waals surface area contributed by atoms with E-state index in [1.165, 1.54) is 5.56 Å². The molecule has 2 rings (SSSR count). The number of hydrogen-bond acceptors (Lipinski definition) is 4. The number of nitrogens with one attached hydrogen (secondary N) is 1. The molecule has 25 heavy (non-hydrogen) atoms. The summed E-state index contributed by atoms with van der Waals surface area (Å²) < 4.78 is 10.6. The molecule has 0 aliphatic heterocycles. The number of anilines is 1. The highest BCUT2D eigenvalue weighted by molar-refractivity contribution is 5.93. The lowest BCUT2D eigenvalue weighted by Crippen LogP contribution is -2.20. The van der Waals surface area contributed by atoms with Crippen LogP contribution < -0.4 is 10.1 Å². The Morgan fingerprint density at radius 1 is 1.00 bits per heavy atom. The van der Waals surface area contributed by atoms with Gasteiger partial charge in [-0.1, -0.05) is 6.07 Å². The predicted molar refractivity (Wildman–Crippen MR) is 97.0 cm³/mol. The molecule has 0 bridgehead atoms. The second-order valence-corrected chi connectivity index (χ2v) is 6.11. The maximum absolute atomic E-state index is 12.0. The van der Waals surface area contributed by atoms with Crippen LogP contribution >= 0.6 is 0 Å². The number of carbonyl (C=O) groups is 2. The highest BCUT2D eigenvalue weighted by Gasteiger charge is 2.10. The van der Waals surface area contributed by atoms with E-state index in [4.69, 9.17) is 9.47 Å². The topological polar surface area (TPSA) is 64.6 Å². The molecule has 5 heteroatoms. The van der Waals surface area contributed by atoms with Crippen molar-refractivity contribution in [3.05, 3.63) is 59.2 Å². The lowest BCUT2D eigenvalue weighted by atomic mass is 10.1. The molecule has 0 aromatic heterocycles. The molecular weight excluding hydrogens is 318 g/mol. The van der Waals surface area contributed by atoms with Crippen LogP contribution in [0.1, 0.15) is 35.3 Å². The summed E-state index contributed by atoms with van der Waals surface area (Å²) in [4.78, 5) is 23.7. The van der Waals surface area contributed by atoms with Crippen LogP contribution in [0.15, 0.2) is 42.5 Å². The van der Waals surface area contributed by atoms with Crippen LogP contribution in [0.4, 0.5) is 5.69 Å². The molecule has 0 saturated heterocycles. The average molecular weight is 341 g/mol. The summed E-state index contributed by atoms with van der Waals surface area (Å²) in [7, 11) is 0. The Balaban J connectivity index is 1.87. The summed E-state index contributed by atoms with van der Waals surface area (Å²) in [5, 5.41) is 2.73. The fraction of sp³-hybridized carbons (Fsp3) is 0.300. The smallest absolute Gasteiger partial charge is 0.338 e. The fourth-order valence-corrected chi connectivity index (χ4v) is 2.12. The minimum absolute atomic E-state index is 0.0837. The number of esters is 1. The van der Waals surface area contributed by atoms with Crippen LogP contribution in [-0.2, 0) is 9.53 Å². The first-order chi connectivity index (χ1) is 11.8. The van der Waals surface area contributed by atoms with Gasteiger partial charge in [0.05, 0.1) is 11.7 Å². The van der Waals surface area contributed by atoms with Crippen molar-refractivity contribution in [2.24, 2.45) is 0 Å². The lowest BCUT2D eigenvalue weighted by molar-refractivity contribution is -0.118. The summed E-state index contributed by atoms with van der Waals surface area (Å²) in [6, 6.07) is 12.2. The second kappa shape index (κ2) is 8.33. The van der Waals surface area contributed by atoms with Crippen LogP contribution in [0.3, 0.4) is 0 Å². The highest BCUT2D eigenvalue weighted by atomic mass is 16.5. The van der Waals surface area contributed by atoms with Crippen LogP contribution in [0.5, 0.6) is 5.75 Å². The second-order valence-electron chi connectivity index (χ2n) is 6.11. The zero-order valence-electron chi connectivity index (χ0n) is 15.0. The molecule has 5 nitrogen and oxygen atoms in total. The molecule has 132 valence electrons. The van der Waals surface area contributed by atoms with Gasteiger partial charge in [-0.05, 0) is 75.2 Å². The van der Waals surface area contributed by atoms with Gasteiger partial charge >= 0.3 is 5.97 Å². The van der Waals surface area contributed by atoms with E-state index in [1.807, 2.05) is 32.0 Å². The van der Waals surface area contributed by atoms with E-state index in [2.05, 4.69) is 5.32 Å². The Bertz CT molecular complexity index is 751.